The third-order valence-electron chi connectivity index (χ3n) is 4.62. The van der Waals surface area contributed by atoms with Gasteiger partial charge in [0, 0.05) is 0 Å². The number of halogens is 1. The molecule has 0 atom stereocenters. The summed E-state index contributed by atoms with van der Waals surface area (Å²) in [7, 11) is 0. The second kappa shape index (κ2) is 5.64. The molecule has 3 N–H and O–H groups in total. The van der Waals surface area contributed by atoms with Crippen LogP contribution in [0.4, 0.5) is 4.39 Å². The van der Waals surface area contributed by atoms with Crippen molar-refractivity contribution in [2.45, 2.75) is 38.1 Å². The maximum Gasteiger partial charge on any atom is 0.329 e. The van der Waals surface area contributed by atoms with Crippen LogP contribution in [0, 0.1) is 11.7 Å². The Morgan fingerprint density at radius 3 is 2.74 bits per heavy atom. The number of hydrogen-bond acceptors (Lipinski definition) is 3. The maximum atomic E-state index is 13.7. The van der Waals surface area contributed by atoms with Crippen molar-refractivity contribution in [2.24, 2.45) is 5.92 Å². The standard InChI is InChI=1S/C16H18FN3O3/c1-9-2-4-16(5-3-9,15(22)23)20-14(21)11-6-10(17)7-12-13(11)19-8-18-12/h6-9H,2-5H2,1H3,(H,18,19)(H,20,21)(H,22,23). The summed E-state index contributed by atoms with van der Waals surface area (Å²) in [4.78, 5) is 31.1. The first-order valence-electron chi connectivity index (χ1n) is 7.60. The number of imidazole rings is 1. The van der Waals surface area contributed by atoms with Crippen LogP contribution >= 0.6 is 0 Å². The van der Waals surface area contributed by atoms with Gasteiger partial charge in [-0.2, -0.15) is 0 Å². The van der Waals surface area contributed by atoms with Gasteiger partial charge in [-0.25, -0.2) is 14.2 Å². The molecule has 0 saturated heterocycles. The van der Waals surface area contributed by atoms with Crippen LogP contribution in [0.5, 0.6) is 0 Å². The van der Waals surface area contributed by atoms with Gasteiger partial charge in [0.25, 0.3) is 5.91 Å². The molecule has 1 fully saturated rings. The Morgan fingerprint density at radius 1 is 1.39 bits per heavy atom. The molecule has 1 aliphatic rings. The van der Waals surface area contributed by atoms with E-state index in [0.717, 1.165) is 18.9 Å². The molecular weight excluding hydrogens is 301 g/mol. The minimum Gasteiger partial charge on any atom is -0.480 e. The van der Waals surface area contributed by atoms with E-state index in [-0.39, 0.29) is 5.56 Å². The van der Waals surface area contributed by atoms with E-state index in [1.807, 2.05) is 0 Å². The van der Waals surface area contributed by atoms with Crippen LogP contribution in [0.15, 0.2) is 18.5 Å². The first-order chi connectivity index (χ1) is 10.9. The number of fused-ring (bicyclic) bond motifs is 1. The highest BCUT2D eigenvalue weighted by Crippen LogP contribution is 2.32. The Labute approximate surface area is 132 Å². The summed E-state index contributed by atoms with van der Waals surface area (Å²) in [6, 6.07) is 2.33. The molecule has 0 bridgehead atoms. The minimum absolute atomic E-state index is 0.0421. The van der Waals surface area contributed by atoms with Gasteiger partial charge in [0.15, 0.2) is 0 Å². The number of amides is 1. The highest BCUT2D eigenvalue weighted by Gasteiger charge is 2.42. The highest BCUT2D eigenvalue weighted by atomic mass is 19.1. The fourth-order valence-electron chi connectivity index (χ4n) is 3.12. The van der Waals surface area contributed by atoms with Crippen molar-refractivity contribution in [1.29, 1.82) is 0 Å². The molecule has 23 heavy (non-hydrogen) atoms. The Kier molecular flexibility index (Phi) is 3.79. The van der Waals surface area contributed by atoms with Gasteiger partial charge in [0.1, 0.15) is 16.9 Å². The van der Waals surface area contributed by atoms with Gasteiger partial charge in [0.05, 0.1) is 17.4 Å². The summed E-state index contributed by atoms with van der Waals surface area (Å²) in [6.07, 6.45) is 3.57. The molecule has 1 aromatic heterocycles. The number of nitrogens with one attached hydrogen (secondary N) is 2. The molecule has 0 spiro atoms. The number of carboxylic acids is 1. The van der Waals surface area contributed by atoms with Crippen LogP contribution < -0.4 is 5.32 Å². The van der Waals surface area contributed by atoms with Gasteiger partial charge in [-0.1, -0.05) is 6.92 Å². The SMILES string of the molecule is CC1CCC(NC(=O)c2cc(F)cc3[nH]cnc23)(C(=O)O)CC1. The maximum absolute atomic E-state index is 13.7. The van der Waals surface area contributed by atoms with Crippen molar-refractivity contribution in [3.63, 3.8) is 0 Å². The predicted octanol–water partition coefficient (Wildman–Crippen LogP) is 2.47. The number of aromatic amines is 1. The normalized spacial score (nSPS) is 24.5. The minimum atomic E-state index is -1.29. The number of carboxylic acid groups (broad SMARTS) is 1. The lowest BCUT2D eigenvalue weighted by atomic mass is 9.77. The van der Waals surface area contributed by atoms with E-state index in [0.29, 0.717) is 29.8 Å². The molecule has 1 heterocycles. The van der Waals surface area contributed by atoms with Crippen molar-refractivity contribution in [2.75, 3.05) is 0 Å². The molecule has 1 amide bonds. The lowest BCUT2D eigenvalue weighted by molar-refractivity contribution is -0.146. The summed E-state index contributed by atoms with van der Waals surface area (Å²) in [5.41, 5.74) is -0.524. The topological polar surface area (TPSA) is 95.1 Å². The van der Waals surface area contributed by atoms with Crippen LogP contribution in [0.3, 0.4) is 0 Å². The third kappa shape index (κ3) is 2.78. The summed E-state index contributed by atoms with van der Waals surface area (Å²) < 4.78 is 13.7. The van der Waals surface area contributed by atoms with E-state index >= 15 is 0 Å². The predicted molar refractivity (Wildman–Crippen MR) is 81.5 cm³/mol. The monoisotopic (exact) mass is 319 g/mol. The number of aliphatic carboxylic acids is 1. The summed E-state index contributed by atoms with van der Waals surface area (Å²) in [5.74, 6) is -1.80. The van der Waals surface area contributed by atoms with Crippen LogP contribution in [0.25, 0.3) is 11.0 Å². The Bertz CT molecular complexity index is 763. The molecule has 6 nitrogen and oxygen atoms in total. The first-order valence-corrected chi connectivity index (χ1v) is 7.60. The van der Waals surface area contributed by atoms with Crippen LogP contribution in [0.2, 0.25) is 0 Å². The van der Waals surface area contributed by atoms with E-state index in [1.165, 1.54) is 12.4 Å². The van der Waals surface area contributed by atoms with Crippen molar-refractivity contribution in [1.82, 2.24) is 15.3 Å². The fraction of sp³-hybridized carbons (Fsp3) is 0.438. The number of rotatable bonds is 3. The second-order valence-electron chi connectivity index (χ2n) is 6.28. The second-order valence-corrected chi connectivity index (χ2v) is 6.28. The number of hydrogen-bond donors (Lipinski definition) is 3. The molecule has 122 valence electrons. The number of carbonyl (C=O) groups is 2. The highest BCUT2D eigenvalue weighted by molar-refractivity contribution is 6.06. The number of nitrogens with zero attached hydrogens (tertiary/aromatic N) is 1. The zero-order chi connectivity index (χ0) is 16.6. The number of benzene rings is 1. The Balaban J connectivity index is 1.92. The van der Waals surface area contributed by atoms with E-state index in [1.54, 1.807) is 0 Å². The summed E-state index contributed by atoms with van der Waals surface area (Å²) in [6.45, 7) is 2.06. The molecule has 0 radical (unpaired) electrons. The molecule has 0 aliphatic heterocycles. The third-order valence-corrected chi connectivity index (χ3v) is 4.62. The van der Waals surface area contributed by atoms with E-state index in [9.17, 15) is 19.1 Å². The van der Waals surface area contributed by atoms with Crippen molar-refractivity contribution >= 4 is 22.9 Å². The van der Waals surface area contributed by atoms with Crippen LogP contribution in [-0.4, -0.2) is 32.5 Å². The van der Waals surface area contributed by atoms with Gasteiger partial charge in [-0.3, -0.25) is 4.79 Å². The quantitative estimate of drug-likeness (QED) is 0.810. The smallest absolute Gasteiger partial charge is 0.329 e. The number of aromatic nitrogens is 2. The van der Waals surface area contributed by atoms with Gasteiger partial charge >= 0.3 is 5.97 Å². The molecule has 3 rings (SSSR count). The molecular formula is C16H18FN3O3. The van der Waals surface area contributed by atoms with E-state index in [4.69, 9.17) is 0 Å². The average Bonchev–Trinajstić information content (AvgIpc) is 2.96. The molecule has 1 aromatic carbocycles. The molecule has 2 aromatic rings. The van der Waals surface area contributed by atoms with Crippen molar-refractivity contribution in [3.8, 4) is 0 Å². The summed E-state index contributed by atoms with van der Waals surface area (Å²) in [5, 5.41) is 12.2. The average molecular weight is 319 g/mol. The van der Waals surface area contributed by atoms with Gasteiger partial charge in [0.2, 0.25) is 0 Å². The van der Waals surface area contributed by atoms with E-state index < -0.39 is 23.2 Å². The number of H-pyrrole nitrogens is 1. The first kappa shape index (κ1) is 15.5. The Morgan fingerprint density at radius 2 is 2.09 bits per heavy atom. The van der Waals surface area contributed by atoms with Crippen LogP contribution in [-0.2, 0) is 4.79 Å². The zero-order valence-electron chi connectivity index (χ0n) is 12.7. The van der Waals surface area contributed by atoms with Crippen molar-refractivity contribution in [3.05, 3.63) is 29.8 Å². The van der Waals surface area contributed by atoms with Gasteiger partial charge < -0.3 is 15.4 Å². The van der Waals surface area contributed by atoms with Crippen molar-refractivity contribution < 1.29 is 19.1 Å². The molecule has 7 heteroatoms. The molecule has 1 saturated carbocycles. The molecule has 0 unspecified atom stereocenters. The Hall–Kier alpha value is -2.44. The van der Waals surface area contributed by atoms with Gasteiger partial charge in [-0.15, -0.1) is 0 Å². The zero-order valence-corrected chi connectivity index (χ0v) is 12.7. The number of carbonyl (C=O) groups excluding carboxylic acids is 1. The molecule has 1 aliphatic carbocycles. The van der Waals surface area contributed by atoms with Crippen LogP contribution in [0.1, 0.15) is 43.0 Å². The lowest BCUT2D eigenvalue weighted by Gasteiger charge is -2.36. The van der Waals surface area contributed by atoms with E-state index in [2.05, 4.69) is 22.2 Å². The van der Waals surface area contributed by atoms with Gasteiger partial charge in [-0.05, 0) is 43.7 Å². The fourth-order valence-corrected chi connectivity index (χ4v) is 3.12. The summed E-state index contributed by atoms with van der Waals surface area (Å²) >= 11 is 0. The lowest BCUT2D eigenvalue weighted by Crippen LogP contribution is -2.56. The largest absolute Gasteiger partial charge is 0.480 e.